The molecule has 178 valence electrons. The molecule has 0 aliphatic rings. The van der Waals surface area contributed by atoms with E-state index < -0.39 is 22.0 Å². The third-order valence-electron chi connectivity index (χ3n) is 4.86. The maximum atomic E-state index is 12.6. The van der Waals surface area contributed by atoms with Crippen molar-refractivity contribution in [1.82, 2.24) is 4.31 Å². The van der Waals surface area contributed by atoms with Gasteiger partial charge in [-0.2, -0.15) is 0 Å². The summed E-state index contributed by atoms with van der Waals surface area (Å²) in [7, 11) is -2.24. The normalized spacial score (nSPS) is 12.0. The molecule has 33 heavy (non-hydrogen) atoms. The number of sulfonamides is 1. The largest absolute Gasteiger partial charge is 0.493 e. The molecule has 0 aromatic heterocycles. The van der Waals surface area contributed by atoms with Crippen molar-refractivity contribution in [2.45, 2.75) is 26.3 Å². The molecule has 0 aliphatic carbocycles. The lowest BCUT2D eigenvalue weighted by Crippen LogP contribution is -2.49. The number of hydrogen-bond donors (Lipinski definition) is 1. The summed E-state index contributed by atoms with van der Waals surface area (Å²) in [6.45, 7) is 3.68. The van der Waals surface area contributed by atoms with Gasteiger partial charge in [0.25, 0.3) is 5.91 Å². The Morgan fingerprint density at radius 2 is 1.82 bits per heavy atom. The van der Waals surface area contributed by atoms with Gasteiger partial charge in [0.15, 0.2) is 11.5 Å². The summed E-state index contributed by atoms with van der Waals surface area (Å²) in [4.78, 5) is 12.6. The number of amides is 1. The maximum absolute atomic E-state index is 12.6. The molecule has 9 heteroatoms. The SMILES string of the molecule is COc1cc(CCN(C(=O)C(N)C(C)C)S(C)(=O)=O)ccc1OCC#Cc1ccc(Cl)cc1. The van der Waals surface area contributed by atoms with Crippen LogP contribution in [0.1, 0.15) is 25.0 Å². The fourth-order valence-corrected chi connectivity index (χ4v) is 3.89. The number of rotatable bonds is 9. The minimum absolute atomic E-state index is 0.0198. The molecular formula is C24H29ClN2O5S. The summed E-state index contributed by atoms with van der Waals surface area (Å²) in [5.74, 6) is 6.11. The molecular weight excluding hydrogens is 464 g/mol. The van der Waals surface area contributed by atoms with Crippen molar-refractivity contribution in [1.29, 1.82) is 0 Å². The van der Waals surface area contributed by atoms with E-state index in [1.807, 2.05) is 12.1 Å². The Morgan fingerprint density at radius 3 is 2.39 bits per heavy atom. The van der Waals surface area contributed by atoms with Gasteiger partial charge in [0.1, 0.15) is 6.61 Å². The second-order valence-corrected chi connectivity index (χ2v) is 10.1. The Kier molecular flexibility index (Phi) is 9.59. The molecule has 0 heterocycles. The first-order valence-electron chi connectivity index (χ1n) is 10.3. The summed E-state index contributed by atoms with van der Waals surface area (Å²) in [6.07, 6.45) is 1.30. The van der Waals surface area contributed by atoms with Crippen LogP contribution in [0.25, 0.3) is 0 Å². The van der Waals surface area contributed by atoms with Gasteiger partial charge in [0.2, 0.25) is 10.0 Å². The third-order valence-corrected chi connectivity index (χ3v) is 6.27. The first-order valence-corrected chi connectivity index (χ1v) is 12.6. The minimum atomic E-state index is -3.75. The monoisotopic (exact) mass is 492 g/mol. The molecule has 0 aliphatic heterocycles. The molecule has 0 bridgehead atoms. The van der Waals surface area contributed by atoms with E-state index >= 15 is 0 Å². The van der Waals surface area contributed by atoms with E-state index in [-0.39, 0.29) is 19.1 Å². The van der Waals surface area contributed by atoms with Crippen LogP contribution in [0.3, 0.4) is 0 Å². The zero-order chi connectivity index (χ0) is 24.6. The number of halogens is 1. The fraction of sp³-hybridized carbons (Fsp3) is 0.375. The van der Waals surface area contributed by atoms with E-state index in [9.17, 15) is 13.2 Å². The summed E-state index contributed by atoms with van der Waals surface area (Å²) < 4.78 is 36.2. The van der Waals surface area contributed by atoms with Gasteiger partial charge in [-0.05, 0) is 54.3 Å². The number of hydrogen-bond acceptors (Lipinski definition) is 6. The number of nitrogens with zero attached hydrogens (tertiary/aromatic N) is 1. The Morgan fingerprint density at radius 1 is 1.15 bits per heavy atom. The predicted molar refractivity (Wildman–Crippen MR) is 130 cm³/mol. The molecule has 0 saturated carbocycles. The average Bonchev–Trinajstić information content (AvgIpc) is 2.76. The number of benzene rings is 2. The topological polar surface area (TPSA) is 98.9 Å². The van der Waals surface area contributed by atoms with E-state index in [0.717, 1.165) is 21.7 Å². The van der Waals surface area contributed by atoms with Crippen LogP contribution < -0.4 is 15.2 Å². The van der Waals surface area contributed by atoms with Crippen molar-refractivity contribution < 1.29 is 22.7 Å². The lowest BCUT2D eigenvalue weighted by atomic mass is 10.0. The second-order valence-electron chi connectivity index (χ2n) is 7.78. The van der Waals surface area contributed by atoms with Crippen molar-refractivity contribution >= 4 is 27.5 Å². The van der Waals surface area contributed by atoms with Crippen LogP contribution >= 0.6 is 11.6 Å². The zero-order valence-corrected chi connectivity index (χ0v) is 20.7. The first kappa shape index (κ1) is 26.5. The number of nitrogens with two attached hydrogens (primary N) is 1. The van der Waals surface area contributed by atoms with Crippen LogP contribution in [0.15, 0.2) is 42.5 Å². The van der Waals surface area contributed by atoms with Gasteiger partial charge in [-0.25, -0.2) is 12.7 Å². The van der Waals surface area contributed by atoms with E-state index in [1.165, 1.54) is 7.11 Å². The van der Waals surface area contributed by atoms with Crippen LogP contribution in [-0.4, -0.2) is 51.2 Å². The Labute approximate surface area is 200 Å². The number of carbonyl (C=O) groups excluding carboxylic acids is 1. The second kappa shape index (κ2) is 11.9. The third kappa shape index (κ3) is 7.97. The maximum Gasteiger partial charge on any atom is 0.253 e. The van der Waals surface area contributed by atoms with Crippen LogP contribution in [0.2, 0.25) is 5.02 Å². The lowest BCUT2D eigenvalue weighted by molar-refractivity contribution is -0.128. The van der Waals surface area contributed by atoms with Gasteiger partial charge in [-0.1, -0.05) is 43.4 Å². The van der Waals surface area contributed by atoms with Gasteiger partial charge >= 0.3 is 0 Å². The highest BCUT2D eigenvalue weighted by Gasteiger charge is 2.29. The highest BCUT2D eigenvalue weighted by atomic mass is 35.5. The van der Waals surface area contributed by atoms with Gasteiger partial charge in [-0.15, -0.1) is 0 Å². The molecule has 0 spiro atoms. The van der Waals surface area contributed by atoms with E-state index in [4.69, 9.17) is 26.8 Å². The molecule has 0 fully saturated rings. The van der Waals surface area contributed by atoms with E-state index in [2.05, 4.69) is 11.8 Å². The van der Waals surface area contributed by atoms with Crippen molar-refractivity contribution in [2.75, 3.05) is 26.5 Å². The molecule has 0 radical (unpaired) electrons. The van der Waals surface area contributed by atoms with Crippen LogP contribution in [0, 0.1) is 17.8 Å². The lowest BCUT2D eigenvalue weighted by Gasteiger charge is -2.25. The number of ether oxygens (including phenoxy) is 2. The highest BCUT2D eigenvalue weighted by molar-refractivity contribution is 7.88. The Balaban J connectivity index is 2.06. The quantitative estimate of drug-likeness (QED) is 0.540. The van der Waals surface area contributed by atoms with Crippen LogP contribution in [-0.2, 0) is 21.2 Å². The Bertz CT molecular complexity index is 1120. The minimum Gasteiger partial charge on any atom is -0.493 e. The molecule has 1 amide bonds. The summed E-state index contributed by atoms with van der Waals surface area (Å²) in [6, 6.07) is 11.6. The summed E-state index contributed by atoms with van der Waals surface area (Å²) in [5.41, 5.74) is 7.49. The number of methoxy groups -OCH3 is 1. The van der Waals surface area contributed by atoms with Gasteiger partial charge in [0.05, 0.1) is 19.4 Å². The van der Waals surface area contributed by atoms with E-state index in [0.29, 0.717) is 22.9 Å². The molecule has 2 rings (SSSR count). The first-order chi connectivity index (χ1) is 15.5. The average molecular weight is 493 g/mol. The molecule has 2 aromatic rings. The zero-order valence-electron chi connectivity index (χ0n) is 19.2. The molecule has 7 nitrogen and oxygen atoms in total. The van der Waals surface area contributed by atoms with Crippen molar-refractivity contribution in [3.05, 3.63) is 58.6 Å². The molecule has 0 saturated heterocycles. The summed E-state index contributed by atoms with van der Waals surface area (Å²) in [5, 5.41) is 0.647. The Hall–Kier alpha value is -2.73. The molecule has 1 atom stereocenters. The van der Waals surface area contributed by atoms with Crippen LogP contribution in [0.5, 0.6) is 11.5 Å². The standard InChI is InChI=1S/C24H29ClN2O5S/c1-17(2)23(26)24(28)27(33(4,29)30)14-13-19-9-12-21(22(16-19)31-3)32-15-5-6-18-7-10-20(25)11-8-18/h7-12,16-17,23H,13-15,26H2,1-4H3. The number of carbonyl (C=O) groups is 1. The van der Waals surface area contributed by atoms with Crippen molar-refractivity contribution in [3.63, 3.8) is 0 Å². The highest BCUT2D eigenvalue weighted by Crippen LogP contribution is 2.28. The van der Waals surface area contributed by atoms with Crippen molar-refractivity contribution in [3.8, 4) is 23.3 Å². The fourth-order valence-electron chi connectivity index (χ4n) is 2.89. The van der Waals surface area contributed by atoms with Gasteiger partial charge < -0.3 is 15.2 Å². The van der Waals surface area contributed by atoms with Gasteiger partial charge in [-0.3, -0.25) is 4.79 Å². The summed E-state index contributed by atoms with van der Waals surface area (Å²) >= 11 is 5.86. The molecule has 1 unspecified atom stereocenters. The van der Waals surface area contributed by atoms with Crippen LogP contribution in [0.4, 0.5) is 0 Å². The van der Waals surface area contributed by atoms with Crippen molar-refractivity contribution in [2.24, 2.45) is 11.7 Å². The molecule has 2 N–H and O–H groups in total. The smallest absolute Gasteiger partial charge is 0.253 e. The van der Waals surface area contributed by atoms with E-state index in [1.54, 1.807) is 44.2 Å². The molecule has 2 aromatic carbocycles. The van der Waals surface area contributed by atoms with Gasteiger partial charge in [0, 0.05) is 17.1 Å². The predicted octanol–water partition coefficient (Wildman–Crippen LogP) is 3.09.